The number of aryl methyl sites for hydroxylation is 1. The van der Waals surface area contributed by atoms with Gasteiger partial charge in [-0.3, -0.25) is 4.79 Å². The van der Waals surface area contributed by atoms with Gasteiger partial charge in [0, 0.05) is 6.42 Å². The number of carbonyl (C=O) groups excluding carboxylic acids is 1. The molecule has 0 unspecified atom stereocenters. The fourth-order valence-electron chi connectivity index (χ4n) is 2.27. The minimum absolute atomic E-state index is 0.0820. The summed E-state index contributed by atoms with van der Waals surface area (Å²) < 4.78 is 26.0. The summed E-state index contributed by atoms with van der Waals surface area (Å²) in [5.41, 5.74) is 1.09. The van der Waals surface area contributed by atoms with Crippen LogP contribution in [0.4, 0.5) is 0 Å². The Kier molecular flexibility index (Phi) is 5.08. The normalized spacial score (nSPS) is 13.5. The Morgan fingerprint density at radius 3 is 2.42 bits per heavy atom. The van der Waals surface area contributed by atoms with Crippen molar-refractivity contribution >= 4 is 16.8 Å². The molecule has 0 saturated heterocycles. The molecule has 1 N–H and O–H groups in total. The van der Waals surface area contributed by atoms with E-state index in [1.807, 2.05) is 19.1 Å². The van der Waals surface area contributed by atoms with Crippen molar-refractivity contribution < 1.29 is 17.8 Å². The topological polar surface area (TPSA) is 72.5 Å². The Hall–Kier alpha value is -2.44. The van der Waals surface area contributed by atoms with E-state index in [2.05, 4.69) is 4.72 Å². The van der Waals surface area contributed by atoms with Gasteiger partial charge in [-0.15, -0.1) is 0 Å². The fraction of sp³-hybridized carbons (Fsp3) is 0.167. The second kappa shape index (κ2) is 7.42. The van der Waals surface area contributed by atoms with E-state index in [0.717, 1.165) is 5.56 Å². The lowest BCUT2D eigenvalue weighted by molar-refractivity contribution is 0.0941. The molecule has 0 aliphatic heterocycles. The SMILES string of the molecule is Cc1ccc([S@](=O)N[C@H](CC(=O)c2ccco2)c2ccco2)cc1. The highest BCUT2D eigenvalue weighted by Crippen LogP contribution is 2.22. The fourth-order valence-corrected chi connectivity index (χ4v) is 3.25. The Labute approximate surface area is 142 Å². The van der Waals surface area contributed by atoms with Crippen LogP contribution >= 0.6 is 0 Å². The summed E-state index contributed by atoms with van der Waals surface area (Å²) >= 11 is 0. The Morgan fingerprint density at radius 2 is 1.79 bits per heavy atom. The zero-order chi connectivity index (χ0) is 16.9. The molecule has 0 saturated carbocycles. The molecule has 0 bridgehead atoms. The molecule has 2 atom stereocenters. The van der Waals surface area contributed by atoms with Gasteiger partial charge in [0.25, 0.3) is 0 Å². The number of hydrogen-bond acceptors (Lipinski definition) is 4. The van der Waals surface area contributed by atoms with Crippen LogP contribution in [0.2, 0.25) is 0 Å². The molecule has 124 valence electrons. The molecule has 3 aromatic rings. The quantitative estimate of drug-likeness (QED) is 0.662. The van der Waals surface area contributed by atoms with Crippen molar-refractivity contribution in [3.05, 3.63) is 78.1 Å². The maximum absolute atomic E-state index is 12.6. The molecular formula is C18H17NO4S. The summed E-state index contributed by atoms with van der Waals surface area (Å²) in [6, 6.07) is 13.6. The molecule has 2 aromatic heterocycles. The van der Waals surface area contributed by atoms with Crippen molar-refractivity contribution in [3.8, 4) is 0 Å². The molecule has 0 fully saturated rings. The van der Waals surface area contributed by atoms with Gasteiger partial charge in [0.2, 0.25) is 0 Å². The van der Waals surface area contributed by atoms with Crippen molar-refractivity contribution in [2.24, 2.45) is 0 Å². The van der Waals surface area contributed by atoms with Crippen LogP contribution < -0.4 is 4.72 Å². The number of benzene rings is 1. The van der Waals surface area contributed by atoms with Crippen molar-refractivity contribution in [2.45, 2.75) is 24.3 Å². The molecule has 0 amide bonds. The van der Waals surface area contributed by atoms with E-state index in [1.54, 1.807) is 36.4 Å². The van der Waals surface area contributed by atoms with Gasteiger partial charge in [-0.05, 0) is 43.3 Å². The molecule has 24 heavy (non-hydrogen) atoms. The molecule has 0 aliphatic carbocycles. The van der Waals surface area contributed by atoms with Gasteiger partial charge in [0.15, 0.2) is 11.5 Å². The molecule has 6 heteroatoms. The summed E-state index contributed by atoms with van der Waals surface area (Å²) in [6.07, 6.45) is 3.06. The molecule has 0 radical (unpaired) electrons. The average molecular weight is 343 g/mol. The van der Waals surface area contributed by atoms with E-state index in [4.69, 9.17) is 8.83 Å². The van der Waals surface area contributed by atoms with Crippen LogP contribution in [-0.2, 0) is 11.0 Å². The van der Waals surface area contributed by atoms with Gasteiger partial charge in [0.1, 0.15) is 16.7 Å². The molecule has 5 nitrogen and oxygen atoms in total. The largest absolute Gasteiger partial charge is 0.468 e. The van der Waals surface area contributed by atoms with Crippen LogP contribution in [0, 0.1) is 6.92 Å². The number of Topliss-reactive ketones (excluding diaryl/α,β-unsaturated/α-hetero) is 1. The van der Waals surface area contributed by atoms with Crippen LogP contribution in [0.5, 0.6) is 0 Å². The number of furan rings is 2. The van der Waals surface area contributed by atoms with Crippen LogP contribution in [0.15, 0.2) is 74.8 Å². The van der Waals surface area contributed by atoms with Gasteiger partial charge in [-0.25, -0.2) is 8.93 Å². The molecular weight excluding hydrogens is 326 g/mol. The predicted octanol–water partition coefficient (Wildman–Crippen LogP) is 3.81. The van der Waals surface area contributed by atoms with E-state index in [9.17, 15) is 9.00 Å². The zero-order valence-electron chi connectivity index (χ0n) is 13.1. The van der Waals surface area contributed by atoms with Crippen molar-refractivity contribution in [3.63, 3.8) is 0 Å². The van der Waals surface area contributed by atoms with Gasteiger partial charge in [0.05, 0.1) is 23.5 Å². The summed E-state index contributed by atoms with van der Waals surface area (Å²) in [5, 5.41) is 0. The third kappa shape index (κ3) is 3.90. The minimum Gasteiger partial charge on any atom is -0.468 e. The summed E-state index contributed by atoms with van der Waals surface area (Å²) in [5.74, 6) is 0.639. The first kappa shape index (κ1) is 16.4. The number of carbonyl (C=O) groups is 1. The first-order valence-corrected chi connectivity index (χ1v) is 8.63. The number of rotatable bonds is 7. The lowest BCUT2D eigenvalue weighted by Crippen LogP contribution is -2.25. The predicted molar refractivity (Wildman–Crippen MR) is 89.8 cm³/mol. The molecule has 1 aromatic carbocycles. The summed E-state index contributed by atoms with van der Waals surface area (Å²) in [7, 11) is -1.46. The first-order valence-electron chi connectivity index (χ1n) is 7.48. The van der Waals surface area contributed by atoms with Gasteiger partial charge >= 0.3 is 0 Å². The smallest absolute Gasteiger partial charge is 0.200 e. The highest BCUT2D eigenvalue weighted by Gasteiger charge is 2.23. The Morgan fingerprint density at radius 1 is 1.08 bits per heavy atom. The van der Waals surface area contributed by atoms with Crippen molar-refractivity contribution in [1.82, 2.24) is 4.72 Å². The monoisotopic (exact) mass is 343 g/mol. The van der Waals surface area contributed by atoms with E-state index < -0.39 is 17.0 Å². The van der Waals surface area contributed by atoms with Crippen molar-refractivity contribution in [1.29, 1.82) is 0 Å². The highest BCUT2D eigenvalue weighted by molar-refractivity contribution is 7.83. The average Bonchev–Trinajstić information content (AvgIpc) is 3.28. The summed E-state index contributed by atoms with van der Waals surface area (Å²) in [6.45, 7) is 1.97. The van der Waals surface area contributed by atoms with Gasteiger partial charge in [-0.2, -0.15) is 0 Å². The maximum Gasteiger partial charge on any atom is 0.200 e. The second-order valence-electron chi connectivity index (χ2n) is 5.37. The molecule has 0 spiro atoms. The number of nitrogens with one attached hydrogen (secondary N) is 1. The third-order valence-electron chi connectivity index (χ3n) is 3.56. The summed E-state index contributed by atoms with van der Waals surface area (Å²) in [4.78, 5) is 12.9. The van der Waals surface area contributed by atoms with Crippen molar-refractivity contribution in [2.75, 3.05) is 0 Å². The maximum atomic E-state index is 12.6. The Bertz CT molecular complexity index is 807. The zero-order valence-corrected chi connectivity index (χ0v) is 13.9. The van der Waals surface area contributed by atoms with Crippen LogP contribution in [0.25, 0.3) is 0 Å². The van der Waals surface area contributed by atoms with E-state index in [1.165, 1.54) is 12.5 Å². The standard InChI is InChI=1S/C18H17NO4S/c1-13-6-8-14(9-7-13)24(21)19-15(17-4-2-10-22-17)12-16(20)18-5-3-11-23-18/h2-11,15,19H,12H2,1H3/t15-,24+/m1/s1. The lowest BCUT2D eigenvalue weighted by atomic mass is 10.1. The van der Waals surface area contributed by atoms with Crippen LogP contribution in [0.3, 0.4) is 0 Å². The van der Waals surface area contributed by atoms with E-state index >= 15 is 0 Å². The van der Waals surface area contributed by atoms with Gasteiger partial charge in [-0.1, -0.05) is 17.7 Å². The minimum atomic E-state index is -1.46. The van der Waals surface area contributed by atoms with E-state index in [0.29, 0.717) is 10.7 Å². The second-order valence-corrected chi connectivity index (χ2v) is 6.62. The van der Waals surface area contributed by atoms with Crippen LogP contribution in [0.1, 0.15) is 34.3 Å². The lowest BCUT2D eigenvalue weighted by Gasteiger charge is -2.15. The molecule has 3 rings (SSSR count). The number of ketones is 1. The first-order chi connectivity index (χ1) is 11.6. The molecule has 0 aliphatic rings. The van der Waals surface area contributed by atoms with Crippen LogP contribution in [-0.4, -0.2) is 9.99 Å². The third-order valence-corrected chi connectivity index (χ3v) is 4.76. The number of hydrogen-bond donors (Lipinski definition) is 1. The highest BCUT2D eigenvalue weighted by atomic mass is 32.2. The molecule has 2 heterocycles. The van der Waals surface area contributed by atoms with E-state index in [-0.39, 0.29) is 18.0 Å². The van der Waals surface area contributed by atoms with Gasteiger partial charge < -0.3 is 8.83 Å². The Balaban J connectivity index is 1.76.